The molecule has 25 heavy (non-hydrogen) atoms. The van der Waals surface area contributed by atoms with E-state index in [0.717, 1.165) is 27.3 Å². The number of halogens is 1. The molecule has 132 valence electrons. The lowest BCUT2D eigenvalue weighted by atomic mass is 9.99. The van der Waals surface area contributed by atoms with Crippen LogP contribution in [0.1, 0.15) is 11.5 Å². The summed E-state index contributed by atoms with van der Waals surface area (Å²) in [5, 5.41) is 11.7. The van der Waals surface area contributed by atoms with Gasteiger partial charge in [-0.2, -0.15) is 0 Å². The highest BCUT2D eigenvalue weighted by Crippen LogP contribution is 2.15. The van der Waals surface area contributed by atoms with Crippen LogP contribution in [0.2, 0.25) is 0 Å². The number of nitrogens with zero attached hydrogens (tertiary/aromatic N) is 2. The number of hydrogen-bond donors (Lipinski definition) is 2. The molecule has 0 bridgehead atoms. The van der Waals surface area contributed by atoms with E-state index in [-0.39, 0.29) is 13.1 Å². The van der Waals surface area contributed by atoms with Crippen LogP contribution in [0, 0.1) is 5.82 Å². The molecule has 2 N–H and O–H groups in total. The number of carboxylic acid groups (broad SMARTS) is 1. The summed E-state index contributed by atoms with van der Waals surface area (Å²) in [6, 6.07) is 6.08. The molecule has 1 heterocycles. The third-order valence-electron chi connectivity index (χ3n) is 3.65. The molecule has 0 radical (unpaired) electrons. The van der Waals surface area contributed by atoms with Gasteiger partial charge in [-0.15, -0.1) is 0 Å². The maximum atomic E-state index is 12.9. The van der Waals surface area contributed by atoms with Gasteiger partial charge in [-0.25, -0.2) is 9.18 Å². The number of carbonyl (C=O) groups is 2. The number of aliphatic carboxylic acids is 1. The number of nitrogens with one attached hydrogen (secondary N) is 1. The molecule has 1 aromatic carbocycles. The van der Waals surface area contributed by atoms with Gasteiger partial charge in [-0.3, -0.25) is 23.5 Å². The molecule has 8 nitrogen and oxygen atoms in total. The van der Waals surface area contributed by atoms with Gasteiger partial charge in [0, 0.05) is 25.9 Å². The summed E-state index contributed by atoms with van der Waals surface area (Å²) in [5.74, 6) is -3.31. The Hall–Kier alpha value is -3.23. The number of carboxylic acids is 1. The number of rotatable bonds is 6. The first-order valence-electron chi connectivity index (χ1n) is 7.31. The number of amides is 1. The molecule has 0 saturated heterocycles. The van der Waals surface area contributed by atoms with Crippen LogP contribution in [-0.4, -0.2) is 32.7 Å². The molecule has 2 rings (SSSR count). The maximum absolute atomic E-state index is 12.9. The number of aromatic nitrogens is 2. The molecule has 0 spiro atoms. The molecule has 1 atom stereocenters. The molecule has 0 aliphatic heterocycles. The van der Waals surface area contributed by atoms with Crippen molar-refractivity contribution in [1.82, 2.24) is 14.5 Å². The smallest absolute Gasteiger partial charge is 0.331 e. The van der Waals surface area contributed by atoms with Crippen LogP contribution in [0.5, 0.6) is 0 Å². The summed E-state index contributed by atoms with van der Waals surface area (Å²) in [5.41, 5.74) is -0.812. The van der Waals surface area contributed by atoms with Crippen molar-refractivity contribution in [2.24, 2.45) is 7.05 Å². The van der Waals surface area contributed by atoms with E-state index in [4.69, 9.17) is 0 Å². The van der Waals surface area contributed by atoms with E-state index in [1.165, 1.54) is 25.4 Å². The number of hydrogen-bond acceptors (Lipinski definition) is 4. The number of benzene rings is 1. The summed E-state index contributed by atoms with van der Waals surface area (Å²) in [6.45, 7) is -0.580. The van der Waals surface area contributed by atoms with Gasteiger partial charge in [-0.05, 0) is 17.7 Å². The van der Waals surface area contributed by atoms with Crippen molar-refractivity contribution in [3.8, 4) is 0 Å². The average molecular weight is 349 g/mol. The lowest BCUT2D eigenvalue weighted by molar-refractivity contribution is -0.138. The highest BCUT2D eigenvalue weighted by molar-refractivity contribution is 5.79. The van der Waals surface area contributed by atoms with Crippen LogP contribution < -0.4 is 16.6 Å². The maximum Gasteiger partial charge on any atom is 0.331 e. The Morgan fingerprint density at radius 1 is 1.20 bits per heavy atom. The molecule has 0 aliphatic rings. The Labute approximate surface area is 141 Å². The SMILES string of the molecule is Cn1c(=O)ccn(CC(=O)NCC(C(=O)O)c2ccc(F)cc2)c1=O. The van der Waals surface area contributed by atoms with E-state index in [1.807, 2.05) is 0 Å². The summed E-state index contributed by atoms with van der Waals surface area (Å²) < 4.78 is 14.8. The topological polar surface area (TPSA) is 110 Å². The minimum absolute atomic E-state index is 0.222. The second-order valence-electron chi connectivity index (χ2n) is 5.37. The third-order valence-corrected chi connectivity index (χ3v) is 3.65. The highest BCUT2D eigenvalue weighted by atomic mass is 19.1. The van der Waals surface area contributed by atoms with Crippen molar-refractivity contribution in [1.29, 1.82) is 0 Å². The van der Waals surface area contributed by atoms with E-state index in [1.54, 1.807) is 0 Å². The Morgan fingerprint density at radius 3 is 2.44 bits per heavy atom. The Balaban J connectivity index is 2.06. The molecule has 0 saturated carbocycles. The normalized spacial score (nSPS) is 11.8. The minimum atomic E-state index is -1.17. The van der Waals surface area contributed by atoms with E-state index < -0.39 is 34.9 Å². The highest BCUT2D eigenvalue weighted by Gasteiger charge is 2.21. The van der Waals surface area contributed by atoms with Crippen LogP contribution in [0.3, 0.4) is 0 Å². The molecular weight excluding hydrogens is 333 g/mol. The van der Waals surface area contributed by atoms with Gasteiger partial charge in [0.1, 0.15) is 12.4 Å². The summed E-state index contributed by atoms with van der Waals surface area (Å²) in [7, 11) is 1.29. The van der Waals surface area contributed by atoms with Crippen molar-refractivity contribution in [2.75, 3.05) is 6.54 Å². The molecular formula is C16H16FN3O5. The lowest BCUT2D eigenvalue weighted by Gasteiger charge is -2.14. The van der Waals surface area contributed by atoms with E-state index in [9.17, 15) is 28.7 Å². The van der Waals surface area contributed by atoms with Gasteiger partial charge in [0.05, 0.1) is 5.92 Å². The monoisotopic (exact) mass is 349 g/mol. The molecule has 1 unspecified atom stereocenters. The predicted octanol–water partition coefficient (Wildman–Crippen LogP) is -0.329. The first kappa shape index (κ1) is 18.1. The van der Waals surface area contributed by atoms with Gasteiger partial charge in [-0.1, -0.05) is 12.1 Å². The zero-order valence-electron chi connectivity index (χ0n) is 13.3. The van der Waals surface area contributed by atoms with E-state index in [0.29, 0.717) is 5.56 Å². The zero-order valence-corrected chi connectivity index (χ0v) is 13.3. The first-order chi connectivity index (χ1) is 11.8. The van der Waals surface area contributed by atoms with Crippen LogP contribution in [0.15, 0.2) is 46.1 Å². The molecule has 9 heteroatoms. The van der Waals surface area contributed by atoms with Crippen molar-refractivity contribution in [2.45, 2.75) is 12.5 Å². The standard InChI is InChI=1S/C16H16FN3O5/c1-19-14(22)6-7-20(16(19)25)9-13(21)18-8-12(15(23)24)10-2-4-11(17)5-3-10/h2-7,12H,8-9H2,1H3,(H,18,21)(H,23,24). The largest absolute Gasteiger partial charge is 0.481 e. The predicted molar refractivity (Wildman–Crippen MR) is 85.7 cm³/mol. The molecule has 1 amide bonds. The molecule has 1 aromatic heterocycles. The second kappa shape index (κ2) is 7.56. The molecule has 0 fully saturated rings. The lowest BCUT2D eigenvalue weighted by Crippen LogP contribution is -2.41. The van der Waals surface area contributed by atoms with Crippen molar-refractivity contribution in [3.63, 3.8) is 0 Å². The van der Waals surface area contributed by atoms with Crippen LogP contribution in [-0.2, 0) is 23.2 Å². The fraction of sp³-hybridized carbons (Fsp3) is 0.250. The minimum Gasteiger partial charge on any atom is -0.481 e. The van der Waals surface area contributed by atoms with Gasteiger partial charge in [0.2, 0.25) is 5.91 Å². The number of carbonyl (C=O) groups excluding carboxylic acids is 1. The average Bonchev–Trinajstić information content (AvgIpc) is 2.57. The Kier molecular flexibility index (Phi) is 5.48. The van der Waals surface area contributed by atoms with Crippen LogP contribution >= 0.6 is 0 Å². The Morgan fingerprint density at radius 2 is 1.84 bits per heavy atom. The van der Waals surface area contributed by atoms with Crippen LogP contribution in [0.4, 0.5) is 4.39 Å². The summed E-state index contributed by atoms with van der Waals surface area (Å²) in [6.07, 6.45) is 1.19. The van der Waals surface area contributed by atoms with Crippen molar-refractivity contribution in [3.05, 3.63) is 68.7 Å². The third kappa shape index (κ3) is 4.40. The summed E-state index contributed by atoms with van der Waals surface area (Å²) in [4.78, 5) is 46.5. The van der Waals surface area contributed by atoms with E-state index in [2.05, 4.69) is 5.32 Å². The zero-order chi connectivity index (χ0) is 18.6. The fourth-order valence-electron chi connectivity index (χ4n) is 2.21. The van der Waals surface area contributed by atoms with Crippen molar-refractivity contribution < 1.29 is 19.1 Å². The Bertz CT molecular complexity index is 901. The van der Waals surface area contributed by atoms with E-state index >= 15 is 0 Å². The fourth-order valence-corrected chi connectivity index (χ4v) is 2.21. The molecule has 2 aromatic rings. The van der Waals surface area contributed by atoms with Crippen LogP contribution in [0.25, 0.3) is 0 Å². The molecule has 0 aliphatic carbocycles. The quantitative estimate of drug-likeness (QED) is 0.742. The second-order valence-corrected chi connectivity index (χ2v) is 5.37. The van der Waals surface area contributed by atoms with Gasteiger partial charge in [0.15, 0.2) is 0 Å². The van der Waals surface area contributed by atoms with Gasteiger partial charge in [0.25, 0.3) is 5.56 Å². The summed E-state index contributed by atoms with van der Waals surface area (Å²) >= 11 is 0. The van der Waals surface area contributed by atoms with Gasteiger partial charge >= 0.3 is 11.7 Å². The van der Waals surface area contributed by atoms with Crippen molar-refractivity contribution >= 4 is 11.9 Å². The van der Waals surface area contributed by atoms with Gasteiger partial charge < -0.3 is 10.4 Å². The first-order valence-corrected chi connectivity index (χ1v) is 7.31.